The van der Waals surface area contributed by atoms with Crippen LogP contribution in [0.4, 0.5) is 4.79 Å². The lowest BCUT2D eigenvalue weighted by Gasteiger charge is -2.36. The minimum Gasteiger partial charge on any atom is -0.507 e. The summed E-state index contributed by atoms with van der Waals surface area (Å²) in [6.45, 7) is 17.6. The molecule has 3 unspecified atom stereocenters. The van der Waals surface area contributed by atoms with Gasteiger partial charge in [-0.25, -0.2) is 9.59 Å². The van der Waals surface area contributed by atoms with Crippen molar-refractivity contribution >= 4 is 23.9 Å². The van der Waals surface area contributed by atoms with Crippen LogP contribution in [0.5, 0.6) is 5.75 Å². The molecule has 45 heavy (non-hydrogen) atoms. The Bertz CT molecular complexity index is 1310. The van der Waals surface area contributed by atoms with E-state index in [2.05, 4.69) is 10.6 Å². The molecule has 3 amide bonds. The van der Waals surface area contributed by atoms with Crippen molar-refractivity contribution < 1.29 is 33.8 Å². The van der Waals surface area contributed by atoms with Crippen LogP contribution in [0.25, 0.3) is 0 Å². The number of nitrogens with zero attached hydrogens (tertiary/aromatic N) is 1. The molecule has 0 radical (unpaired) electrons. The summed E-state index contributed by atoms with van der Waals surface area (Å²) in [6, 6.07) is 10.7. The highest BCUT2D eigenvalue weighted by Crippen LogP contribution is 2.33. The summed E-state index contributed by atoms with van der Waals surface area (Å²) in [5.41, 5.74) is -0.103. The molecule has 0 aliphatic rings. The molecular weight excluding hydrogens is 574 g/mol. The van der Waals surface area contributed by atoms with Gasteiger partial charge in [-0.05, 0) is 71.9 Å². The molecule has 0 saturated carbocycles. The Morgan fingerprint density at radius 1 is 0.867 bits per heavy atom. The second-order valence-corrected chi connectivity index (χ2v) is 13.6. The van der Waals surface area contributed by atoms with E-state index in [0.29, 0.717) is 12.0 Å². The van der Waals surface area contributed by atoms with Crippen molar-refractivity contribution in [3.05, 3.63) is 65.2 Å². The van der Waals surface area contributed by atoms with E-state index in [9.17, 15) is 24.3 Å². The quantitative estimate of drug-likeness (QED) is 0.262. The molecule has 0 aromatic heterocycles. The first-order valence-electron chi connectivity index (χ1n) is 15.5. The number of phenols is 1. The number of benzene rings is 2. The van der Waals surface area contributed by atoms with E-state index < -0.39 is 53.2 Å². The Balaban J connectivity index is 2.62. The molecule has 0 aliphatic carbocycles. The van der Waals surface area contributed by atoms with Crippen molar-refractivity contribution in [3.8, 4) is 5.75 Å². The second-order valence-electron chi connectivity index (χ2n) is 13.6. The minimum atomic E-state index is -1.33. The summed E-state index contributed by atoms with van der Waals surface area (Å²) >= 11 is 0. The van der Waals surface area contributed by atoms with Crippen LogP contribution in [0.15, 0.2) is 48.5 Å². The summed E-state index contributed by atoms with van der Waals surface area (Å²) in [5.74, 6) is -2.36. The molecule has 0 spiro atoms. The van der Waals surface area contributed by atoms with E-state index in [1.54, 1.807) is 80.5 Å². The number of aromatic hydroxyl groups is 1. The number of aryl methyl sites for hydroxylation is 1. The largest absolute Gasteiger partial charge is 0.507 e. The van der Waals surface area contributed by atoms with Crippen LogP contribution in [-0.4, -0.2) is 63.7 Å². The number of esters is 1. The SMILES string of the molecule is CCCN(C(=O)C(NC(=O)OC(C)(C)C)C(C)C)C(C(=O)NC(Cc1ccccc1)C(=O)OC(C)(C)C)c1cccc(C)c1O. The van der Waals surface area contributed by atoms with Gasteiger partial charge in [0.05, 0.1) is 0 Å². The van der Waals surface area contributed by atoms with Crippen LogP contribution in [0.3, 0.4) is 0 Å². The summed E-state index contributed by atoms with van der Waals surface area (Å²) in [7, 11) is 0. The third-order valence-electron chi connectivity index (χ3n) is 6.77. The summed E-state index contributed by atoms with van der Waals surface area (Å²) < 4.78 is 11.1. The van der Waals surface area contributed by atoms with Gasteiger partial charge in [0.15, 0.2) is 0 Å². The molecule has 3 atom stereocenters. The summed E-state index contributed by atoms with van der Waals surface area (Å²) in [6.07, 6.45) is -0.151. The highest BCUT2D eigenvalue weighted by Gasteiger charge is 2.40. The molecule has 10 nitrogen and oxygen atoms in total. The molecule has 2 aromatic rings. The molecule has 3 N–H and O–H groups in total. The number of carbonyl (C=O) groups excluding carboxylic acids is 4. The third kappa shape index (κ3) is 11.4. The molecule has 10 heteroatoms. The first kappa shape index (κ1) is 37.1. The molecule has 0 heterocycles. The number of carbonyl (C=O) groups is 4. The number of ether oxygens (including phenoxy) is 2. The molecular formula is C35H51N3O7. The number of amides is 3. The van der Waals surface area contributed by atoms with Crippen LogP contribution >= 0.6 is 0 Å². The van der Waals surface area contributed by atoms with Crippen LogP contribution in [-0.2, 0) is 30.3 Å². The van der Waals surface area contributed by atoms with E-state index in [1.165, 1.54) is 4.90 Å². The normalized spacial score (nSPS) is 13.8. The van der Waals surface area contributed by atoms with E-state index in [4.69, 9.17) is 9.47 Å². The zero-order chi connectivity index (χ0) is 34.1. The Hall–Kier alpha value is -4.08. The predicted molar refractivity (Wildman–Crippen MR) is 174 cm³/mol. The van der Waals surface area contributed by atoms with Gasteiger partial charge in [-0.2, -0.15) is 0 Å². The predicted octanol–water partition coefficient (Wildman–Crippen LogP) is 5.60. The van der Waals surface area contributed by atoms with Crippen molar-refractivity contribution in [2.75, 3.05) is 6.54 Å². The van der Waals surface area contributed by atoms with Crippen molar-refractivity contribution in [2.45, 2.75) is 111 Å². The topological polar surface area (TPSA) is 134 Å². The Labute approximate surface area is 267 Å². The van der Waals surface area contributed by atoms with E-state index in [0.717, 1.165) is 5.56 Å². The maximum Gasteiger partial charge on any atom is 0.408 e. The van der Waals surface area contributed by atoms with Gasteiger partial charge >= 0.3 is 12.1 Å². The fourth-order valence-corrected chi connectivity index (χ4v) is 4.75. The Kier molecular flexibility index (Phi) is 13.0. The fraction of sp³-hybridized carbons (Fsp3) is 0.543. The van der Waals surface area contributed by atoms with Gasteiger partial charge in [-0.1, -0.05) is 69.3 Å². The highest BCUT2D eigenvalue weighted by atomic mass is 16.6. The molecule has 0 aliphatic heterocycles. The maximum atomic E-state index is 14.4. The third-order valence-corrected chi connectivity index (χ3v) is 6.77. The maximum absolute atomic E-state index is 14.4. The van der Waals surface area contributed by atoms with E-state index in [1.807, 2.05) is 37.3 Å². The van der Waals surface area contributed by atoms with E-state index >= 15 is 0 Å². The lowest BCUT2D eigenvalue weighted by atomic mass is 9.96. The van der Waals surface area contributed by atoms with Crippen LogP contribution in [0.2, 0.25) is 0 Å². The number of rotatable bonds is 12. The van der Waals surface area contributed by atoms with Crippen LogP contribution in [0, 0.1) is 12.8 Å². The molecule has 0 saturated heterocycles. The van der Waals surface area contributed by atoms with Crippen molar-refractivity contribution in [1.82, 2.24) is 15.5 Å². The smallest absolute Gasteiger partial charge is 0.408 e. The number of nitrogens with one attached hydrogen (secondary N) is 2. The molecule has 2 rings (SSSR count). The van der Waals surface area contributed by atoms with Gasteiger partial charge < -0.3 is 30.1 Å². The lowest BCUT2D eigenvalue weighted by Crippen LogP contribution is -2.56. The van der Waals surface area contributed by atoms with Gasteiger partial charge in [0.2, 0.25) is 11.8 Å². The zero-order valence-corrected chi connectivity index (χ0v) is 28.4. The number of alkyl carbamates (subject to hydrolysis) is 1. The summed E-state index contributed by atoms with van der Waals surface area (Å²) in [5, 5.41) is 16.7. The van der Waals surface area contributed by atoms with Crippen molar-refractivity contribution in [3.63, 3.8) is 0 Å². The van der Waals surface area contributed by atoms with Crippen LogP contribution < -0.4 is 10.6 Å². The Morgan fingerprint density at radius 2 is 1.47 bits per heavy atom. The van der Waals surface area contributed by atoms with E-state index in [-0.39, 0.29) is 30.2 Å². The molecule has 0 bridgehead atoms. The first-order valence-corrected chi connectivity index (χ1v) is 15.5. The number of hydrogen-bond donors (Lipinski definition) is 3. The second kappa shape index (κ2) is 15.8. The number of phenolic OH excluding ortho intramolecular Hbond substituents is 1. The molecule has 2 aromatic carbocycles. The molecule has 0 fully saturated rings. The average Bonchev–Trinajstić information content (AvgIpc) is 2.91. The fourth-order valence-electron chi connectivity index (χ4n) is 4.75. The number of hydrogen-bond acceptors (Lipinski definition) is 7. The molecule has 248 valence electrons. The lowest BCUT2D eigenvalue weighted by molar-refractivity contribution is -0.159. The average molecular weight is 626 g/mol. The van der Waals surface area contributed by atoms with Gasteiger partial charge in [-0.3, -0.25) is 9.59 Å². The van der Waals surface area contributed by atoms with Crippen molar-refractivity contribution in [2.24, 2.45) is 5.92 Å². The summed E-state index contributed by atoms with van der Waals surface area (Å²) in [4.78, 5) is 56.2. The van der Waals surface area contributed by atoms with Gasteiger partial charge in [-0.15, -0.1) is 0 Å². The highest BCUT2D eigenvalue weighted by molar-refractivity contribution is 5.94. The van der Waals surface area contributed by atoms with Crippen molar-refractivity contribution in [1.29, 1.82) is 0 Å². The Morgan fingerprint density at radius 3 is 2.00 bits per heavy atom. The monoisotopic (exact) mass is 625 g/mol. The number of para-hydroxylation sites is 1. The standard InChI is InChI=1S/C35H51N3O7/c1-11-20-38(31(41)27(22(2)3)37-33(43)45-35(8,9)10)28(25-19-15-16-23(4)29(25)39)30(40)36-26(32(42)44-34(5,6)7)21-24-17-13-12-14-18-24/h12-19,22,26-28,39H,11,20-21H2,1-10H3,(H,36,40)(H,37,43). The van der Waals surface area contributed by atoms with Crippen LogP contribution in [0.1, 0.15) is 91.5 Å². The van der Waals surface area contributed by atoms with Gasteiger partial charge in [0.25, 0.3) is 0 Å². The van der Waals surface area contributed by atoms with Gasteiger partial charge in [0.1, 0.15) is 35.1 Å². The zero-order valence-electron chi connectivity index (χ0n) is 28.4. The van der Waals surface area contributed by atoms with Gasteiger partial charge in [0, 0.05) is 18.5 Å². The first-order chi connectivity index (χ1) is 20.8. The minimum absolute atomic E-state index is 0.124.